The van der Waals surface area contributed by atoms with Gasteiger partial charge in [0.15, 0.2) is 6.10 Å². The largest absolute Gasteiger partial charge is 0.488 e. The van der Waals surface area contributed by atoms with E-state index in [2.05, 4.69) is 9.50 Å². The average molecular weight is 305 g/mol. The highest BCUT2D eigenvalue weighted by atomic mass is 32.3. The second-order valence-electron chi connectivity index (χ2n) is 3.92. The molecule has 20 heavy (non-hydrogen) atoms. The van der Waals surface area contributed by atoms with Gasteiger partial charge in [-0.3, -0.25) is 4.79 Å². The van der Waals surface area contributed by atoms with E-state index in [1.54, 1.807) is 0 Å². The number of nitrogens with one attached hydrogen (secondary N) is 1. The lowest BCUT2D eigenvalue weighted by Gasteiger charge is -2.22. The molecule has 1 aromatic rings. The highest BCUT2D eigenvalue weighted by Crippen LogP contribution is 2.18. The molecule has 0 spiro atoms. The normalized spacial score (nSPS) is 19.4. The Kier molecular flexibility index (Phi) is 4.53. The van der Waals surface area contributed by atoms with E-state index in [-0.39, 0.29) is 18.3 Å². The summed E-state index contributed by atoms with van der Waals surface area (Å²) in [6.07, 6.45) is -0.689. The van der Waals surface area contributed by atoms with Crippen molar-refractivity contribution < 1.29 is 30.8 Å². The minimum absolute atomic E-state index is 0.174. The van der Waals surface area contributed by atoms with E-state index in [1.165, 1.54) is 24.3 Å². The quantitative estimate of drug-likeness (QED) is 0.821. The first-order valence-electron chi connectivity index (χ1n) is 5.68. The van der Waals surface area contributed by atoms with E-state index in [0.717, 1.165) is 0 Å². The zero-order valence-electron chi connectivity index (χ0n) is 10.2. The van der Waals surface area contributed by atoms with Crippen LogP contribution < -0.4 is 9.50 Å². The van der Waals surface area contributed by atoms with Gasteiger partial charge in [-0.1, -0.05) is 3.89 Å². The average Bonchev–Trinajstić information content (AvgIpc) is 2.40. The number of benzene rings is 1. The molecule has 110 valence electrons. The van der Waals surface area contributed by atoms with Gasteiger partial charge in [0.1, 0.15) is 5.75 Å². The summed E-state index contributed by atoms with van der Waals surface area (Å²) in [6.45, 7) is 0.972. The van der Waals surface area contributed by atoms with Crippen molar-refractivity contribution in [2.24, 2.45) is 0 Å². The molecule has 1 N–H and O–H groups in total. The molecule has 0 aromatic heterocycles. The molecule has 0 saturated carbocycles. The van der Waals surface area contributed by atoms with Crippen LogP contribution in [-0.4, -0.2) is 40.2 Å². The number of rotatable bonds is 4. The first kappa shape index (κ1) is 14.7. The Morgan fingerprint density at radius 3 is 2.55 bits per heavy atom. The molecule has 1 amide bonds. The third-order valence-corrected chi connectivity index (χ3v) is 2.82. The summed E-state index contributed by atoms with van der Waals surface area (Å²) in [5, 5.41) is 2.56. The van der Waals surface area contributed by atoms with E-state index in [9.17, 15) is 17.1 Å². The maximum absolute atomic E-state index is 12.3. The van der Waals surface area contributed by atoms with E-state index >= 15 is 0 Å². The van der Waals surface area contributed by atoms with Crippen molar-refractivity contribution in [2.75, 3.05) is 25.1 Å². The lowest BCUT2D eigenvalue weighted by Crippen LogP contribution is -2.39. The van der Waals surface area contributed by atoms with Crippen LogP contribution in [-0.2, 0) is 24.8 Å². The fourth-order valence-electron chi connectivity index (χ4n) is 1.57. The standard InChI is InChI=1S/C11H12FNO6S/c12-20(15,16)19-9-3-1-8(2-4-9)13-11(14)10-7-17-5-6-18-10/h1-4,10H,5-7H2,(H,13,14). The second kappa shape index (κ2) is 6.16. The van der Waals surface area contributed by atoms with Gasteiger partial charge in [0.05, 0.1) is 19.8 Å². The number of carbonyl (C=O) groups is 1. The number of halogens is 1. The predicted octanol–water partition coefficient (Wildman–Crippen LogP) is 0.634. The van der Waals surface area contributed by atoms with Crippen LogP contribution in [0.15, 0.2) is 24.3 Å². The van der Waals surface area contributed by atoms with Crippen molar-refractivity contribution in [1.82, 2.24) is 0 Å². The maximum Gasteiger partial charge on any atom is 0.488 e. The van der Waals surface area contributed by atoms with Crippen LogP contribution in [0.5, 0.6) is 5.75 Å². The highest BCUT2D eigenvalue weighted by Gasteiger charge is 2.22. The molecule has 0 bridgehead atoms. The second-order valence-corrected chi connectivity index (χ2v) is 4.88. The van der Waals surface area contributed by atoms with Crippen molar-refractivity contribution >= 4 is 22.1 Å². The number of hydrogen-bond acceptors (Lipinski definition) is 6. The van der Waals surface area contributed by atoms with E-state index < -0.39 is 16.6 Å². The number of amides is 1. The molecular formula is C11H12FNO6S. The molecule has 0 radical (unpaired) electrons. The van der Waals surface area contributed by atoms with E-state index in [0.29, 0.717) is 18.9 Å². The van der Waals surface area contributed by atoms with Crippen LogP contribution in [0.25, 0.3) is 0 Å². The molecule has 0 aliphatic carbocycles. The minimum atomic E-state index is -5.05. The molecule has 1 aliphatic rings. The van der Waals surface area contributed by atoms with Gasteiger partial charge < -0.3 is 19.0 Å². The summed E-state index contributed by atoms with van der Waals surface area (Å²) < 4.78 is 47.2. The monoisotopic (exact) mass is 305 g/mol. The van der Waals surface area contributed by atoms with Crippen molar-refractivity contribution in [1.29, 1.82) is 0 Å². The molecule has 1 fully saturated rings. The molecule has 7 nitrogen and oxygen atoms in total. The fraction of sp³-hybridized carbons (Fsp3) is 0.364. The van der Waals surface area contributed by atoms with Gasteiger partial charge in [-0.2, -0.15) is 8.42 Å². The lowest BCUT2D eigenvalue weighted by molar-refractivity contribution is -0.142. The van der Waals surface area contributed by atoms with Gasteiger partial charge in [0.25, 0.3) is 5.91 Å². The van der Waals surface area contributed by atoms with E-state index in [1.807, 2.05) is 0 Å². The number of ether oxygens (including phenoxy) is 2. The van der Waals surface area contributed by atoms with Gasteiger partial charge in [-0.25, -0.2) is 0 Å². The van der Waals surface area contributed by atoms with Crippen LogP contribution >= 0.6 is 0 Å². The number of carbonyl (C=O) groups excluding carboxylic acids is 1. The van der Waals surface area contributed by atoms with Crippen molar-refractivity contribution in [2.45, 2.75) is 6.10 Å². The highest BCUT2D eigenvalue weighted by molar-refractivity contribution is 7.81. The van der Waals surface area contributed by atoms with Crippen molar-refractivity contribution in [3.63, 3.8) is 0 Å². The summed E-state index contributed by atoms with van der Waals surface area (Å²) in [7, 11) is -5.05. The Labute approximate surface area is 115 Å². The van der Waals surface area contributed by atoms with Gasteiger partial charge in [-0.15, -0.1) is 0 Å². The third-order valence-electron chi connectivity index (χ3n) is 2.43. The Bertz CT molecular complexity index is 567. The van der Waals surface area contributed by atoms with Crippen molar-refractivity contribution in [3.8, 4) is 5.75 Å². The molecule has 1 atom stereocenters. The van der Waals surface area contributed by atoms with Gasteiger partial charge in [-0.05, 0) is 24.3 Å². The Hall–Kier alpha value is -1.71. The predicted molar refractivity (Wildman–Crippen MR) is 66.3 cm³/mol. The number of anilines is 1. The minimum Gasteiger partial charge on any atom is -0.376 e. The molecule has 1 unspecified atom stereocenters. The first-order chi connectivity index (χ1) is 9.44. The third kappa shape index (κ3) is 4.44. The smallest absolute Gasteiger partial charge is 0.376 e. The molecule has 1 heterocycles. The van der Waals surface area contributed by atoms with Crippen LogP contribution in [0, 0.1) is 0 Å². The maximum atomic E-state index is 12.3. The summed E-state index contributed by atoms with van der Waals surface area (Å²) in [4.78, 5) is 11.8. The van der Waals surface area contributed by atoms with Crippen LogP contribution in [0.4, 0.5) is 9.57 Å². The number of hydrogen-bond donors (Lipinski definition) is 1. The molecule has 1 aliphatic heterocycles. The van der Waals surface area contributed by atoms with Crippen LogP contribution in [0.1, 0.15) is 0 Å². The fourth-order valence-corrected chi connectivity index (χ4v) is 1.91. The van der Waals surface area contributed by atoms with Gasteiger partial charge in [0.2, 0.25) is 0 Å². The molecule has 2 rings (SSSR count). The summed E-state index contributed by atoms with van der Waals surface area (Å²) in [6, 6.07) is 5.18. The summed E-state index contributed by atoms with van der Waals surface area (Å²) in [5.41, 5.74) is 0.396. The Balaban J connectivity index is 1.94. The molecule has 9 heteroatoms. The van der Waals surface area contributed by atoms with E-state index in [4.69, 9.17) is 9.47 Å². The molecule has 1 saturated heterocycles. The SMILES string of the molecule is O=C(Nc1ccc(OS(=O)(=O)F)cc1)C1COCCO1. The zero-order chi connectivity index (χ0) is 14.6. The van der Waals surface area contributed by atoms with Crippen LogP contribution in [0.2, 0.25) is 0 Å². The Morgan fingerprint density at radius 2 is 2.00 bits per heavy atom. The summed E-state index contributed by atoms with van der Waals surface area (Å²) in [5.74, 6) is -0.570. The zero-order valence-corrected chi connectivity index (χ0v) is 11.1. The first-order valence-corrected chi connectivity index (χ1v) is 6.99. The van der Waals surface area contributed by atoms with Gasteiger partial charge in [0, 0.05) is 5.69 Å². The molecule has 1 aromatic carbocycles. The van der Waals surface area contributed by atoms with Crippen LogP contribution in [0.3, 0.4) is 0 Å². The molecular weight excluding hydrogens is 293 g/mol. The van der Waals surface area contributed by atoms with Gasteiger partial charge >= 0.3 is 10.5 Å². The lowest BCUT2D eigenvalue weighted by atomic mass is 10.2. The summed E-state index contributed by atoms with van der Waals surface area (Å²) >= 11 is 0. The topological polar surface area (TPSA) is 90.9 Å². The Morgan fingerprint density at radius 1 is 1.30 bits per heavy atom. The van der Waals surface area contributed by atoms with Crippen molar-refractivity contribution in [3.05, 3.63) is 24.3 Å².